The Morgan fingerprint density at radius 3 is 2.25 bits per heavy atom. The van der Waals surface area contributed by atoms with E-state index in [9.17, 15) is 0 Å². The van der Waals surface area contributed by atoms with E-state index in [1.807, 2.05) is 0 Å². The summed E-state index contributed by atoms with van der Waals surface area (Å²) in [4.78, 5) is 2.57. The zero-order chi connectivity index (χ0) is 11.9. The lowest BCUT2D eigenvalue weighted by Gasteiger charge is -2.51. The Balaban J connectivity index is 2.15. The smallest absolute Gasteiger partial charge is 0.0621 e. The van der Waals surface area contributed by atoms with Crippen molar-refractivity contribution in [2.75, 3.05) is 19.6 Å². The standard InChI is InChI=1S/C14H26N2/c1-3-8-14(9-4-2)12-16(13-14)11-7-5-6-10-15/h3-9,11-13H2,1-2H3. The summed E-state index contributed by atoms with van der Waals surface area (Å²) in [7, 11) is 0. The third-order valence-electron chi connectivity index (χ3n) is 3.69. The van der Waals surface area contributed by atoms with Gasteiger partial charge in [-0.05, 0) is 37.6 Å². The second kappa shape index (κ2) is 6.91. The van der Waals surface area contributed by atoms with Crippen LogP contribution in [0.25, 0.3) is 0 Å². The minimum atomic E-state index is 0.652. The van der Waals surface area contributed by atoms with Gasteiger partial charge in [0.05, 0.1) is 6.07 Å². The Hall–Kier alpha value is -0.550. The average Bonchev–Trinajstić information content (AvgIpc) is 2.22. The van der Waals surface area contributed by atoms with Crippen molar-refractivity contribution in [2.45, 2.75) is 58.8 Å². The number of rotatable bonds is 8. The summed E-state index contributed by atoms with van der Waals surface area (Å²) >= 11 is 0. The fraction of sp³-hybridized carbons (Fsp3) is 0.929. The van der Waals surface area contributed by atoms with Gasteiger partial charge in [0, 0.05) is 19.5 Å². The summed E-state index contributed by atoms with van der Waals surface area (Å²) < 4.78 is 0. The van der Waals surface area contributed by atoms with Gasteiger partial charge in [0.1, 0.15) is 0 Å². The van der Waals surface area contributed by atoms with Crippen LogP contribution < -0.4 is 0 Å². The maximum atomic E-state index is 8.46. The molecule has 0 saturated carbocycles. The first-order chi connectivity index (χ1) is 7.76. The monoisotopic (exact) mass is 222 g/mol. The van der Waals surface area contributed by atoms with Gasteiger partial charge in [0.25, 0.3) is 0 Å². The van der Waals surface area contributed by atoms with Gasteiger partial charge in [-0.1, -0.05) is 26.7 Å². The highest BCUT2D eigenvalue weighted by atomic mass is 15.2. The maximum absolute atomic E-state index is 8.46. The molecule has 16 heavy (non-hydrogen) atoms. The molecule has 0 aromatic rings. The van der Waals surface area contributed by atoms with Gasteiger partial charge in [0.15, 0.2) is 0 Å². The van der Waals surface area contributed by atoms with Crippen LogP contribution in [0.1, 0.15) is 58.8 Å². The van der Waals surface area contributed by atoms with Crippen molar-refractivity contribution in [3.05, 3.63) is 0 Å². The third-order valence-corrected chi connectivity index (χ3v) is 3.69. The van der Waals surface area contributed by atoms with Crippen LogP contribution >= 0.6 is 0 Å². The van der Waals surface area contributed by atoms with E-state index in [1.54, 1.807) is 0 Å². The molecule has 2 nitrogen and oxygen atoms in total. The molecular formula is C14H26N2. The highest BCUT2D eigenvalue weighted by molar-refractivity contribution is 4.94. The van der Waals surface area contributed by atoms with E-state index in [-0.39, 0.29) is 0 Å². The largest absolute Gasteiger partial charge is 0.302 e. The van der Waals surface area contributed by atoms with Gasteiger partial charge in [-0.25, -0.2) is 0 Å². The summed E-state index contributed by atoms with van der Waals surface area (Å²) in [5.74, 6) is 0. The predicted octanol–water partition coefficient (Wildman–Crippen LogP) is 3.58. The van der Waals surface area contributed by atoms with Crippen LogP contribution in [-0.2, 0) is 0 Å². The zero-order valence-corrected chi connectivity index (χ0v) is 11.0. The lowest BCUT2D eigenvalue weighted by Crippen LogP contribution is -2.56. The van der Waals surface area contributed by atoms with E-state index >= 15 is 0 Å². The molecule has 0 amide bonds. The molecule has 0 unspecified atom stereocenters. The van der Waals surface area contributed by atoms with Crippen molar-refractivity contribution in [3.63, 3.8) is 0 Å². The predicted molar refractivity (Wildman–Crippen MR) is 68.2 cm³/mol. The molecular weight excluding hydrogens is 196 g/mol. The summed E-state index contributed by atoms with van der Waals surface area (Å²) in [5.41, 5.74) is 0.652. The molecule has 0 atom stereocenters. The number of nitriles is 1. The summed E-state index contributed by atoms with van der Waals surface area (Å²) in [6, 6.07) is 2.22. The molecule has 0 aliphatic carbocycles. The van der Waals surface area contributed by atoms with Gasteiger partial charge in [-0.3, -0.25) is 0 Å². The van der Waals surface area contributed by atoms with E-state index in [2.05, 4.69) is 24.8 Å². The molecule has 1 rings (SSSR count). The van der Waals surface area contributed by atoms with Crippen molar-refractivity contribution >= 4 is 0 Å². The Morgan fingerprint density at radius 1 is 1.12 bits per heavy atom. The molecule has 1 saturated heterocycles. The number of nitrogens with zero attached hydrogens (tertiary/aromatic N) is 2. The Labute approximate surface area is 101 Å². The highest BCUT2D eigenvalue weighted by Crippen LogP contribution is 2.39. The van der Waals surface area contributed by atoms with Gasteiger partial charge in [-0.2, -0.15) is 5.26 Å². The average molecular weight is 222 g/mol. The number of hydrogen-bond donors (Lipinski definition) is 0. The molecule has 1 aliphatic heterocycles. The van der Waals surface area contributed by atoms with Crippen LogP contribution in [0.5, 0.6) is 0 Å². The fourth-order valence-electron chi connectivity index (χ4n) is 3.10. The number of likely N-dealkylation sites (tertiary alicyclic amines) is 1. The zero-order valence-electron chi connectivity index (χ0n) is 11.0. The Morgan fingerprint density at radius 2 is 1.75 bits per heavy atom. The second-order valence-electron chi connectivity index (χ2n) is 5.33. The van der Waals surface area contributed by atoms with Crippen LogP contribution in [-0.4, -0.2) is 24.5 Å². The normalized spacial score (nSPS) is 19.1. The minimum Gasteiger partial charge on any atom is -0.302 e. The highest BCUT2D eigenvalue weighted by Gasteiger charge is 2.40. The number of unbranched alkanes of at least 4 members (excludes halogenated alkanes) is 2. The minimum absolute atomic E-state index is 0.652. The third kappa shape index (κ3) is 3.79. The molecule has 1 fully saturated rings. The quantitative estimate of drug-likeness (QED) is 0.587. The maximum Gasteiger partial charge on any atom is 0.0621 e. The molecule has 0 aromatic heterocycles. The lowest BCUT2D eigenvalue weighted by atomic mass is 9.72. The van der Waals surface area contributed by atoms with E-state index in [4.69, 9.17) is 5.26 Å². The first kappa shape index (κ1) is 13.5. The van der Waals surface area contributed by atoms with Crippen LogP contribution in [0.3, 0.4) is 0 Å². The van der Waals surface area contributed by atoms with Gasteiger partial charge >= 0.3 is 0 Å². The fourth-order valence-corrected chi connectivity index (χ4v) is 3.10. The van der Waals surface area contributed by atoms with Crippen LogP contribution in [0.15, 0.2) is 0 Å². The van der Waals surface area contributed by atoms with Crippen LogP contribution in [0.4, 0.5) is 0 Å². The van der Waals surface area contributed by atoms with Crippen molar-refractivity contribution < 1.29 is 0 Å². The lowest BCUT2D eigenvalue weighted by molar-refractivity contribution is -0.0150. The van der Waals surface area contributed by atoms with E-state index in [0.717, 1.165) is 12.8 Å². The van der Waals surface area contributed by atoms with E-state index in [1.165, 1.54) is 51.7 Å². The second-order valence-corrected chi connectivity index (χ2v) is 5.33. The van der Waals surface area contributed by atoms with Crippen molar-refractivity contribution in [2.24, 2.45) is 5.41 Å². The molecule has 0 bridgehead atoms. The first-order valence-corrected chi connectivity index (χ1v) is 6.85. The summed E-state index contributed by atoms with van der Waals surface area (Å²) in [6.45, 7) is 8.42. The van der Waals surface area contributed by atoms with Crippen molar-refractivity contribution in [1.82, 2.24) is 4.90 Å². The molecule has 2 heteroatoms. The van der Waals surface area contributed by atoms with Gasteiger partial charge in [-0.15, -0.1) is 0 Å². The van der Waals surface area contributed by atoms with E-state index < -0.39 is 0 Å². The molecule has 0 spiro atoms. The molecule has 1 aliphatic rings. The van der Waals surface area contributed by atoms with Crippen LogP contribution in [0, 0.1) is 16.7 Å². The molecule has 92 valence electrons. The van der Waals surface area contributed by atoms with Crippen molar-refractivity contribution in [1.29, 1.82) is 5.26 Å². The number of hydrogen-bond acceptors (Lipinski definition) is 2. The SMILES string of the molecule is CCCC1(CCC)CN(CCCCC#N)C1. The van der Waals surface area contributed by atoms with Gasteiger partial charge < -0.3 is 4.90 Å². The first-order valence-electron chi connectivity index (χ1n) is 6.85. The molecule has 0 radical (unpaired) electrons. The topological polar surface area (TPSA) is 27.0 Å². The molecule has 0 N–H and O–H groups in total. The van der Waals surface area contributed by atoms with Gasteiger partial charge in [0.2, 0.25) is 0 Å². The molecule has 0 aromatic carbocycles. The summed E-state index contributed by atoms with van der Waals surface area (Å²) in [5, 5.41) is 8.46. The Kier molecular flexibility index (Phi) is 5.84. The molecule has 1 heterocycles. The van der Waals surface area contributed by atoms with E-state index in [0.29, 0.717) is 5.41 Å². The van der Waals surface area contributed by atoms with Crippen LogP contribution in [0.2, 0.25) is 0 Å². The summed E-state index contributed by atoms with van der Waals surface area (Å²) in [6.07, 6.45) is 8.43. The van der Waals surface area contributed by atoms with Crippen molar-refractivity contribution in [3.8, 4) is 6.07 Å². The Bertz CT molecular complexity index is 215.